The van der Waals surface area contributed by atoms with Crippen LogP contribution in [0.15, 0.2) is 72.8 Å². The average Bonchev–Trinajstić information content (AvgIpc) is 3.37. The lowest BCUT2D eigenvalue weighted by atomic mass is 9.39. The Balaban J connectivity index is 1.07. The van der Waals surface area contributed by atoms with Gasteiger partial charge in [0, 0.05) is 17.9 Å². The first kappa shape index (κ1) is 35.9. The predicted octanol–water partition coefficient (Wildman–Crippen LogP) is 6.06. The molecule has 10 heteroatoms. The van der Waals surface area contributed by atoms with Gasteiger partial charge in [0.05, 0.1) is 12.5 Å². The summed E-state index contributed by atoms with van der Waals surface area (Å²) in [6, 6.07) is 22.0. The molecule has 270 valence electrons. The topological polar surface area (TPSA) is 132 Å². The normalized spacial score (nSPS) is 21.2. The number of alkyl carbamates (subject to hydrolysis) is 1. The number of methoxy groups -OCH3 is 1. The molecule has 2 bridgehead atoms. The third kappa shape index (κ3) is 7.75. The van der Waals surface area contributed by atoms with Gasteiger partial charge in [0.2, 0.25) is 11.8 Å². The Morgan fingerprint density at radius 1 is 0.824 bits per heavy atom. The van der Waals surface area contributed by atoms with Crippen molar-refractivity contribution in [3.63, 3.8) is 0 Å². The summed E-state index contributed by atoms with van der Waals surface area (Å²) < 4.78 is 16.7. The number of esters is 1. The number of carbonyl (C=O) groups excluding carboxylic acids is 4. The molecule has 3 N–H and O–H groups in total. The van der Waals surface area contributed by atoms with Gasteiger partial charge in [-0.3, -0.25) is 9.59 Å². The molecule has 0 unspecified atom stereocenters. The highest BCUT2D eigenvalue weighted by Gasteiger charge is 2.72. The molecule has 4 aliphatic rings. The number of hydrogen-bond donors (Lipinski definition) is 3. The van der Waals surface area contributed by atoms with Crippen molar-refractivity contribution in [3.8, 4) is 16.9 Å². The number of fused-ring (bicyclic) bond motifs is 3. The van der Waals surface area contributed by atoms with E-state index in [-0.39, 0.29) is 36.4 Å². The Morgan fingerprint density at radius 2 is 1.41 bits per heavy atom. The molecule has 0 radical (unpaired) electrons. The molecule has 0 aromatic heterocycles. The Hall–Kier alpha value is -4.86. The van der Waals surface area contributed by atoms with E-state index in [4.69, 9.17) is 14.2 Å². The van der Waals surface area contributed by atoms with Crippen molar-refractivity contribution in [3.05, 3.63) is 89.5 Å². The van der Waals surface area contributed by atoms with Gasteiger partial charge in [-0.05, 0) is 92.3 Å². The maximum Gasteiger partial charge on any atom is 0.407 e. The van der Waals surface area contributed by atoms with Crippen LogP contribution in [-0.2, 0) is 30.3 Å². The molecule has 2 atom stereocenters. The van der Waals surface area contributed by atoms with Gasteiger partial charge in [0.15, 0.2) is 0 Å². The quantitative estimate of drug-likeness (QED) is 0.185. The molecular formula is C41H49N3O7. The molecule has 4 aliphatic carbocycles. The summed E-state index contributed by atoms with van der Waals surface area (Å²) in [6.45, 7) is 10.0. The predicted molar refractivity (Wildman–Crippen MR) is 193 cm³/mol. The Kier molecular flexibility index (Phi) is 9.90. The zero-order chi connectivity index (χ0) is 36.6. The first-order valence-electron chi connectivity index (χ1n) is 17.8. The first-order valence-corrected chi connectivity index (χ1v) is 17.8. The largest absolute Gasteiger partial charge is 0.488 e. The van der Waals surface area contributed by atoms with Gasteiger partial charge in [-0.15, -0.1) is 0 Å². The van der Waals surface area contributed by atoms with Crippen LogP contribution in [0.25, 0.3) is 11.1 Å². The van der Waals surface area contributed by atoms with Crippen LogP contribution in [0, 0.1) is 11.3 Å². The molecule has 3 aromatic carbocycles. The second-order valence-electron chi connectivity index (χ2n) is 15.8. The molecule has 3 fully saturated rings. The SMILES string of the molecule is COC(=O)[C@H](CC(C)C)NC(=O)[C@H](Cc1ccc(OC(C)(C)C)cc1)NC(=O)C12CC(NC(=O)OCC3c4ccccc4-c4ccccc43)(C1)C2. The summed E-state index contributed by atoms with van der Waals surface area (Å²) in [6.07, 6.45) is 1.48. The Morgan fingerprint density at radius 3 is 1.96 bits per heavy atom. The molecule has 3 amide bonds. The van der Waals surface area contributed by atoms with Crippen LogP contribution in [-0.4, -0.2) is 60.8 Å². The van der Waals surface area contributed by atoms with Crippen LogP contribution in [0.5, 0.6) is 5.75 Å². The van der Waals surface area contributed by atoms with Crippen molar-refractivity contribution >= 4 is 23.9 Å². The number of hydrogen-bond acceptors (Lipinski definition) is 7. The summed E-state index contributed by atoms with van der Waals surface area (Å²) in [5.41, 5.74) is 3.87. The lowest BCUT2D eigenvalue weighted by molar-refractivity contribution is -0.180. The highest BCUT2D eigenvalue weighted by Crippen LogP contribution is 2.67. The molecule has 51 heavy (non-hydrogen) atoms. The molecule has 0 aliphatic heterocycles. The lowest BCUT2D eigenvalue weighted by Gasteiger charge is -2.68. The second kappa shape index (κ2) is 14.0. The number of rotatable bonds is 13. The van der Waals surface area contributed by atoms with Crippen molar-refractivity contribution in [2.75, 3.05) is 13.7 Å². The summed E-state index contributed by atoms with van der Waals surface area (Å²) in [5, 5.41) is 8.84. The van der Waals surface area contributed by atoms with Gasteiger partial charge in [-0.25, -0.2) is 9.59 Å². The maximum atomic E-state index is 13.8. The van der Waals surface area contributed by atoms with E-state index >= 15 is 0 Å². The Bertz CT molecular complexity index is 1730. The van der Waals surface area contributed by atoms with Gasteiger partial charge >= 0.3 is 12.1 Å². The van der Waals surface area contributed by atoms with Crippen LogP contribution >= 0.6 is 0 Å². The molecule has 0 heterocycles. The lowest BCUT2D eigenvalue weighted by Crippen LogP contribution is -2.79. The summed E-state index contributed by atoms with van der Waals surface area (Å²) in [5.74, 6) is -0.470. The highest BCUT2D eigenvalue weighted by molar-refractivity contribution is 5.94. The van der Waals surface area contributed by atoms with Gasteiger partial charge in [-0.1, -0.05) is 74.5 Å². The monoisotopic (exact) mass is 695 g/mol. The van der Waals surface area contributed by atoms with Crippen molar-refractivity contribution in [2.45, 2.75) is 95.9 Å². The van der Waals surface area contributed by atoms with Crippen LogP contribution in [0.1, 0.15) is 82.9 Å². The molecule has 10 nitrogen and oxygen atoms in total. The molecule has 0 spiro atoms. The molecule has 0 saturated heterocycles. The van der Waals surface area contributed by atoms with E-state index in [1.165, 1.54) is 7.11 Å². The van der Waals surface area contributed by atoms with Crippen molar-refractivity contribution in [1.82, 2.24) is 16.0 Å². The van der Waals surface area contributed by atoms with Gasteiger partial charge < -0.3 is 30.2 Å². The molecular weight excluding hydrogens is 646 g/mol. The second-order valence-corrected chi connectivity index (χ2v) is 15.8. The third-order valence-corrected chi connectivity index (χ3v) is 10.1. The van der Waals surface area contributed by atoms with Crippen LogP contribution in [0.4, 0.5) is 4.79 Å². The number of carbonyl (C=O) groups is 4. The van der Waals surface area contributed by atoms with Crippen LogP contribution in [0.3, 0.4) is 0 Å². The fraction of sp³-hybridized carbons (Fsp3) is 0.463. The van der Waals surface area contributed by atoms with Gasteiger partial charge in [-0.2, -0.15) is 0 Å². The van der Waals surface area contributed by atoms with E-state index in [0.717, 1.165) is 27.8 Å². The summed E-state index contributed by atoms with van der Waals surface area (Å²) in [4.78, 5) is 53.0. The number of amides is 3. The van der Waals surface area contributed by atoms with E-state index < -0.39 is 41.0 Å². The van der Waals surface area contributed by atoms with E-state index in [0.29, 0.717) is 31.4 Å². The zero-order valence-electron chi connectivity index (χ0n) is 30.3. The van der Waals surface area contributed by atoms with Crippen LogP contribution in [0.2, 0.25) is 0 Å². The standard InChI is InChI=1S/C41H49N3O7/c1-25(2)19-34(36(46)49-6)42-35(45)33(20-26-15-17-27(18-16-26)51-39(3,4)5)43-37(47)40-22-41(23-40,24-40)44-38(48)50-21-32-30-13-9-7-11-28(30)29-12-8-10-14-31(29)32/h7-18,25,32-34H,19-24H2,1-6H3,(H,42,45)(H,43,47)(H,44,48)/t33-,34-,40?,41?/m0/s1. The number of nitrogens with one attached hydrogen (secondary N) is 3. The summed E-state index contributed by atoms with van der Waals surface area (Å²) >= 11 is 0. The minimum absolute atomic E-state index is 0.0436. The maximum absolute atomic E-state index is 13.8. The fourth-order valence-electron chi connectivity index (χ4n) is 7.92. The zero-order valence-corrected chi connectivity index (χ0v) is 30.3. The van der Waals surface area contributed by atoms with E-state index in [2.05, 4.69) is 40.2 Å². The Labute approximate surface area is 300 Å². The highest BCUT2D eigenvalue weighted by atomic mass is 16.5. The first-order chi connectivity index (χ1) is 24.2. The molecule has 7 rings (SSSR count). The molecule has 3 aromatic rings. The van der Waals surface area contributed by atoms with E-state index in [9.17, 15) is 19.2 Å². The fourth-order valence-corrected chi connectivity index (χ4v) is 7.92. The summed E-state index contributed by atoms with van der Waals surface area (Å²) in [7, 11) is 1.29. The van der Waals surface area contributed by atoms with Gasteiger partial charge in [0.25, 0.3) is 0 Å². The van der Waals surface area contributed by atoms with Crippen molar-refractivity contribution < 1.29 is 33.4 Å². The van der Waals surface area contributed by atoms with E-state index in [1.807, 2.05) is 83.1 Å². The minimum Gasteiger partial charge on any atom is -0.488 e. The van der Waals surface area contributed by atoms with Crippen molar-refractivity contribution in [1.29, 1.82) is 0 Å². The average molecular weight is 696 g/mol. The van der Waals surface area contributed by atoms with Crippen molar-refractivity contribution in [2.24, 2.45) is 11.3 Å². The number of benzene rings is 3. The van der Waals surface area contributed by atoms with Crippen LogP contribution < -0.4 is 20.7 Å². The molecule has 3 saturated carbocycles. The van der Waals surface area contributed by atoms with E-state index in [1.54, 1.807) is 0 Å². The smallest absolute Gasteiger partial charge is 0.407 e. The number of ether oxygens (including phenoxy) is 3. The third-order valence-electron chi connectivity index (χ3n) is 10.1. The minimum atomic E-state index is -0.939. The van der Waals surface area contributed by atoms with Gasteiger partial charge in [0.1, 0.15) is 30.0 Å².